The third-order valence-electron chi connectivity index (χ3n) is 17.1. The molecule has 42 nitrogen and oxygen atoms in total. The van der Waals surface area contributed by atoms with Crippen LogP contribution in [0.4, 0.5) is 0 Å². The maximum Gasteiger partial charge on any atom is 0.364 e. The van der Waals surface area contributed by atoms with Crippen molar-refractivity contribution in [2.45, 2.75) is 242 Å². The van der Waals surface area contributed by atoms with Crippen LogP contribution < -0.4 is 21.3 Å². The van der Waals surface area contributed by atoms with E-state index in [1.165, 1.54) is 7.05 Å². The number of thiol groups is 1. The van der Waals surface area contributed by atoms with E-state index < -0.39 is 278 Å². The first-order valence-corrected chi connectivity index (χ1v) is 31.8. The van der Waals surface area contributed by atoms with Gasteiger partial charge in [0.25, 0.3) is 11.6 Å². The molecule has 0 saturated carbocycles. The number of nitrogens with zero attached hydrogens (tertiary/aromatic N) is 1. The number of hydrogen-bond acceptors (Lipinski definition) is 37. The molecule has 0 aromatic heterocycles. The van der Waals surface area contributed by atoms with Crippen molar-refractivity contribution < 1.29 is 183 Å². The molecule has 0 bridgehead atoms. The predicted octanol–water partition coefficient (Wildman–Crippen LogP) is -13.5. The summed E-state index contributed by atoms with van der Waals surface area (Å²) in [5.41, 5.74) is 0. The largest absolute Gasteiger partial charge is 0.477 e. The summed E-state index contributed by atoms with van der Waals surface area (Å²) in [5, 5.41) is 221. The molecule has 0 spiro atoms. The van der Waals surface area contributed by atoms with Crippen molar-refractivity contribution in [3.05, 3.63) is 0 Å². The average molecular weight is 1450 g/mol. The lowest BCUT2D eigenvalue weighted by molar-refractivity contribution is -0.404. The number of carbonyl (C=O) groups is 6. The normalized spacial score (nSPS) is 40.9. The summed E-state index contributed by atoms with van der Waals surface area (Å²) in [4.78, 5) is 82.7. The Morgan fingerprint density at radius 1 is 0.551 bits per heavy atom. The maximum atomic E-state index is 13.8. The maximum absolute atomic E-state index is 13.8. The molecular weight excluding hydrogens is 1350 g/mol. The minimum atomic E-state index is -3.30. The highest BCUT2D eigenvalue weighted by atomic mass is 32.1. The molecule has 6 saturated heterocycles. The highest BCUT2D eigenvalue weighted by molar-refractivity contribution is 7.80. The molecule has 6 heterocycles. The molecule has 4 amide bonds. The second kappa shape index (κ2) is 36.9. The van der Waals surface area contributed by atoms with Crippen molar-refractivity contribution in [3.63, 3.8) is 0 Å². The van der Waals surface area contributed by atoms with Crippen LogP contribution >= 0.6 is 12.6 Å². The van der Waals surface area contributed by atoms with Crippen LogP contribution in [0.2, 0.25) is 0 Å². The van der Waals surface area contributed by atoms with Crippen LogP contribution in [0.3, 0.4) is 0 Å². The van der Waals surface area contributed by atoms with E-state index in [0.29, 0.717) is 12.2 Å². The first-order valence-electron chi connectivity index (χ1n) is 31.2. The quantitative estimate of drug-likeness (QED) is 0.0165. The number of aliphatic carboxylic acids is 2. The van der Waals surface area contributed by atoms with Crippen LogP contribution in [0.25, 0.3) is 0 Å². The van der Waals surface area contributed by atoms with Crippen molar-refractivity contribution in [1.82, 2.24) is 26.3 Å². The molecule has 19 unspecified atom stereocenters. The van der Waals surface area contributed by atoms with E-state index in [1.807, 2.05) is 0 Å². The van der Waals surface area contributed by atoms with E-state index in [1.54, 1.807) is 0 Å². The lowest BCUT2D eigenvalue weighted by Gasteiger charge is -2.53. The van der Waals surface area contributed by atoms with Gasteiger partial charge in [0.1, 0.15) is 116 Å². The number of hydroxylamine groups is 2. The lowest BCUT2D eigenvalue weighted by Crippen LogP contribution is -2.72. The van der Waals surface area contributed by atoms with Gasteiger partial charge >= 0.3 is 11.9 Å². The smallest absolute Gasteiger partial charge is 0.364 e. The zero-order valence-corrected chi connectivity index (χ0v) is 54.3. The molecule has 98 heavy (non-hydrogen) atoms. The lowest BCUT2D eigenvalue weighted by atomic mass is 9.88. The van der Waals surface area contributed by atoms with Crippen LogP contribution in [-0.2, 0) is 85.7 Å². The SMILES string of the molecule is CC(=O)NC1C(O[C@H]2C(CO)O[C@@H](O[C@@H]3C(CO)O[C@@H](N(C)OCCNC(=O)CCCS)C(O)C3O)C(O)C2O[C@]2(C(=O)O)CC(O)[C@@H](NC(C)=O)C(CC(O)CO)O2)OC(CO)[C@H](O)C1OC1OC(CO)[C@H](O)C(O[C@]2(C(=O)O)CC(O)[C@@H](NC(C)=O)C([C@H](O)[C@H](O)CO)O2)C1O. The van der Waals surface area contributed by atoms with Crippen LogP contribution in [-0.4, -0.2) is 392 Å². The van der Waals surface area contributed by atoms with Gasteiger partial charge in [-0.15, -0.1) is 0 Å². The van der Waals surface area contributed by atoms with Gasteiger partial charge in [-0.3, -0.25) is 24.0 Å². The number of carbonyl (C=O) groups excluding carboxylic acids is 4. The summed E-state index contributed by atoms with van der Waals surface area (Å²) in [6, 6.07) is -5.38. The monoisotopic (exact) mass is 1450 g/mol. The molecule has 43 heteroatoms. The molecule has 566 valence electrons. The molecule has 0 aromatic carbocycles. The van der Waals surface area contributed by atoms with Gasteiger partial charge in [-0.05, 0) is 12.2 Å². The molecule has 6 rings (SSSR count). The fourth-order valence-corrected chi connectivity index (χ4v) is 12.4. The Kier molecular flexibility index (Phi) is 31.2. The molecule has 6 fully saturated rings. The number of carboxylic acid groups (broad SMARTS) is 2. The van der Waals surface area contributed by atoms with Gasteiger partial charge in [-0.1, -0.05) is 0 Å². The fourth-order valence-electron chi connectivity index (χ4n) is 12.2. The average Bonchev–Trinajstić information content (AvgIpc) is 0.757. The van der Waals surface area contributed by atoms with E-state index in [2.05, 4.69) is 33.9 Å². The van der Waals surface area contributed by atoms with Crippen LogP contribution in [0.5, 0.6) is 0 Å². The van der Waals surface area contributed by atoms with Crippen molar-refractivity contribution in [3.8, 4) is 0 Å². The summed E-state index contributed by atoms with van der Waals surface area (Å²) in [6.45, 7) is -4.31. The number of amides is 4. The third kappa shape index (κ3) is 19.6. The Labute approximate surface area is 563 Å². The Hall–Kier alpha value is -4.03. The molecule has 6 aliphatic rings. The zero-order chi connectivity index (χ0) is 73.0. The van der Waals surface area contributed by atoms with Gasteiger partial charge in [0.05, 0.1) is 82.7 Å². The number of ether oxygens (including phenoxy) is 11. The number of aliphatic hydroxyl groups excluding tert-OH is 17. The van der Waals surface area contributed by atoms with Crippen molar-refractivity contribution in [2.24, 2.45) is 0 Å². The first kappa shape index (κ1) is 82.9. The van der Waals surface area contributed by atoms with E-state index in [4.69, 9.17) is 56.9 Å². The van der Waals surface area contributed by atoms with Crippen molar-refractivity contribution >= 4 is 48.2 Å². The summed E-state index contributed by atoms with van der Waals surface area (Å²) in [6.07, 6.45) is -58.4. The molecule has 23 N–H and O–H groups in total. The van der Waals surface area contributed by atoms with E-state index in [9.17, 15) is 126 Å². The third-order valence-corrected chi connectivity index (χ3v) is 17.4. The van der Waals surface area contributed by atoms with Gasteiger partial charge in [0.15, 0.2) is 25.1 Å². The Morgan fingerprint density at radius 2 is 1.03 bits per heavy atom. The number of likely N-dealkylation sites (N-methyl/N-ethyl adjacent to an activating group) is 1. The van der Waals surface area contributed by atoms with Crippen LogP contribution in [0.15, 0.2) is 0 Å². The van der Waals surface area contributed by atoms with Gasteiger partial charge < -0.3 is 170 Å². The highest BCUT2D eigenvalue weighted by Gasteiger charge is 2.64. The summed E-state index contributed by atoms with van der Waals surface area (Å²) in [7, 11) is 1.27. The second-order valence-electron chi connectivity index (χ2n) is 24.3. The Balaban J connectivity index is 1.39. The van der Waals surface area contributed by atoms with Crippen molar-refractivity contribution in [1.29, 1.82) is 0 Å². The predicted molar refractivity (Wildman–Crippen MR) is 315 cm³/mol. The highest BCUT2D eigenvalue weighted by Crippen LogP contribution is 2.42. The van der Waals surface area contributed by atoms with E-state index >= 15 is 0 Å². The number of aliphatic hydroxyl groups is 17. The molecule has 6 aliphatic heterocycles. The standard InChI is InChI=1S/C55H93N5O37S/c1-19(67)57-32-23(71)11-54(52(82)83,94-26(32)10-22(70)13-61)97-47-41(81)51(91-42-29(17-65)87-48(39(79)38(42)78)60(4)86-8-7-56-31(74)6-5-9-98)90-30(18-66)43(47)92-49-34(59-21(3)69)44(36(76)27(15-63)88-49)93-50-40(80)46(37(77)28(16-64)89-50)96-55(53(84)85)12-24(72)33(58-20(2)68)45(95-55)35(75)25(73)14-62/h22-30,32-51,61-66,70-73,75-81,98H,5-18H2,1-4H3,(H,56,74)(H,57,67)(H,58,68)(H,59,69)(H,82,83)(H,84,85)/t22?,23?,24?,25-,26?,27?,28?,29?,30?,32-,33-,34?,35-,36+,37+,38?,39?,40?,41?,42-,43+,44?,45?,46?,47?,48-,49?,50?,51+,54+,55+/m1/s1. The Morgan fingerprint density at radius 3 is 1.57 bits per heavy atom. The van der Waals surface area contributed by atoms with Gasteiger partial charge in [-0.2, -0.15) is 17.7 Å². The minimum absolute atomic E-state index is 0.0289. The minimum Gasteiger partial charge on any atom is -0.477 e. The topological polar surface area (TPSA) is 649 Å². The number of rotatable bonds is 33. The van der Waals surface area contributed by atoms with E-state index in [-0.39, 0.29) is 25.5 Å². The fraction of sp³-hybridized carbons (Fsp3) is 0.891. The summed E-state index contributed by atoms with van der Waals surface area (Å²) >= 11 is 4.07. The molecule has 31 atom stereocenters. The van der Waals surface area contributed by atoms with Crippen LogP contribution in [0.1, 0.15) is 52.9 Å². The summed E-state index contributed by atoms with van der Waals surface area (Å²) < 4.78 is 65.7. The number of carboxylic acids is 2. The summed E-state index contributed by atoms with van der Waals surface area (Å²) in [5.74, 6) is -13.4. The van der Waals surface area contributed by atoms with Gasteiger partial charge in [0.2, 0.25) is 23.6 Å². The molecule has 0 radical (unpaired) electrons. The van der Waals surface area contributed by atoms with Gasteiger partial charge in [0, 0.05) is 60.0 Å². The Bertz CT molecular complexity index is 2580. The number of nitrogens with one attached hydrogen (secondary N) is 4. The first-order chi connectivity index (χ1) is 46.2. The van der Waals surface area contributed by atoms with Crippen molar-refractivity contribution in [2.75, 3.05) is 65.6 Å². The van der Waals surface area contributed by atoms with E-state index in [0.717, 1.165) is 25.8 Å². The van der Waals surface area contributed by atoms with Gasteiger partial charge in [-0.25, -0.2) is 9.59 Å². The molecule has 0 aliphatic carbocycles. The zero-order valence-electron chi connectivity index (χ0n) is 53.4. The number of hydrogen-bond donors (Lipinski definition) is 24. The second-order valence-corrected chi connectivity index (χ2v) is 24.7. The molecule has 0 aromatic rings. The van der Waals surface area contributed by atoms with Crippen LogP contribution in [0, 0.1) is 0 Å². The molecular formula is C55H93N5O37S.